The van der Waals surface area contributed by atoms with Crippen molar-refractivity contribution >= 4 is 23.1 Å². The molecule has 7 nitrogen and oxygen atoms in total. The molecule has 2 amide bonds. The van der Waals surface area contributed by atoms with Gasteiger partial charge < -0.3 is 24.7 Å². The number of hydrogen-bond donors (Lipinski definition) is 2. The highest BCUT2D eigenvalue weighted by Gasteiger charge is 2.24. The van der Waals surface area contributed by atoms with Crippen LogP contribution >= 0.6 is 11.3 Å². The monoisotopic (exact) mass is 440 g/mol. The van der Waals surface area contributed by atoms with Crippen molar-refractivity contribution in [1.29, 1.82) is 0 Å². The van der Waals surface area contributed by atoms with Gasteiger partial charge in [-0.05, 0) is 42.8 Å². The molecule has 1 aliphatic heterocycles. The van der Waals surface area contributed by atoms with E-state index in [-0.39, 0.29) is 6.03 Å². The molecule has 0 radical (unpaired) electrons. The number of rotatable bonds is 7. The predicted molar refractivity (Wildman–Crippen MR) is 124 cm³/mol. The van der Waals surface area contributed by atoms with Gasteiger partial charge in [0.1, 0.15) is 16.5 Å². The minimum absolute atomic E-state index is 0.282. The van der Waals surface area contributed by atoms with Crippen LogP contribution in [0.15, 0.2) is 42.7 Å². The maximum absolute atomic E-state index is 12.7. The van der Waals surface area contributed by atoms with Gasteiger partial charge in [0.05, 0.1) is 19.9 Å². The number of likely N-dealkylation sites (N-methyl/N-ethyl adjacent to an activating group) is 1. The number of thiophene rings is 1. The molecule has 3 aromatic rings. The summed E-state index contributed by atoms with van der Waals surface area (Å²) >= 11 is 1.82. The first-order valence-corrected chi connectivity index (χ1v) is 11.2. The standard InChI is InChI=1S/C23H28N4O3S/c1-4-26-12-9-17-18(22(31-21(17)15-26)27-10-5-6-11-27)14-24-23(28)25-19-13-16(29-2)7-8-20(19)30-3/h5-8,10-11,13H,4,9,12,14-15H2,1-3H3,(H2,24,25,28). The largest absolute Gasteiger partial charge is 0.497 e. The first-order chi connectivity index (χ1) is 15.1. The molecule has 0 bridgehead atoms. The molecule has 8 heteroatoms. The topological polar surface area (TPSA) is 67.8 Å². The summed E-state index contributed by atoms with van der Waals surface area (Å²) in [5, 5.41) is 7.09. The normalized spacial score (nSPS) is 13.5. The summed E-state index contributed by atoms with van der Waals surface area (Å²) < 4.78 is 12.8. The second-order valence-electron chi connectivity index (χ2n) is 7.37. The zero-order valence-corrected chi connectivity index (χ0v) is 18.9. The van der Waals surface area contributed by atoms with Crippen molar-refractivity contribution < 1.29 is 14.3 Å². The fraction of sp³-hybridized carbons (Fsp3) is 0.348. The van der Waals surface area contributed by atoms with Crippen molar-refractivity contribution in [2.24, 2.45) is 0 Å². The Morgan fingerprint density at radius 3 is 2.71 bits per heavy atom. The third-order valence-electron chi connectivity index (χ3n) is 5.59. The van der Waals surface area contributed by atoms with Gasteiger partial charge in [0.2, 0.25) is 0 Å². The van der Waals surface area contributed by atoms with Crippen molar-refractivity contribution in [2.45, 2.75) is 26.4 Å². The van der Waals surface area contributed by atoms with E-state index in [9.17, 15) is 4.79 Å². The van der Waals surface area contributed by atoms with Crippen molar-refractivity contribution in [3.05, 3.63) is 58.7 Å². The first kappa shape index (κ1) is 21.3. The average molecular weight is 441 g/mol. The van der Waals surface area contributed by atoms with Crippen LogP contribution in [0.2, 0.25) is 0 Å². The Bertz CT molecular complexity index is 1050. The molecule has 2 N–H and O–H groups in total. The summed E-state index contributed by atoms with van der Waals surface area (Å²) in [5.41, 5.74) is 3.13. The van der Waals surface area contributed by atoms with E-state index in [2.05, 4.69) is 39.4 Å². The lowest BCUT2D eigenvalue weighted by atomic mass is 10.0. The van der Waals surface area contributed by atoms with E-state index in [1.807, 2.05) is 23.5 Å². The van der Waals surface area contributed by atoms with Crippen LogP contribution in [0.1, 0.15) is 22.9 Å². The number of aromatic nitrogens is 1. The minimum atomic E-state index is -0.282. The fourth-order valence-corrected chi connectivity index (χ4v) is 5.26. The highest BCUT2D eigenvalue weighted by Crippen LogP contribution is 2.36. The van der Waals surface area contributed by atoms with Crippen molar-refractivity contribution in [3.8, 4) is 16.5 Å². The molecule has 0 aliphatic carbocycles. The molecule has 0 unspecified atom stereocenters. The number of nitrogens with one attached hydrogen (secondary N) is 2. The molecule has 0 saturated heterocycles. The summed E-state index contributed by atoms with van der Waals surface area (Å²) in [6.07, 6.45) is 5.11. The Labute approximate surface area is 186 Å². The maximum Gasteiger partial charge on any atom is 0.319 e. The lowest BCUT2D eigenvalue weighted by Gasteiger charge is -2.25. The van der Waals surface area contributed by atoms with Crippen molar-refractivity contribution in [2.75, 3.05) is 32.6 Å². The third kappa shape index (κ3) is 4.55. The second-order valence-corrected chi connectivity index (χ2v) is 8.45. The number of carbonyl (C=O) groups excluding carboxylic acids is 1. The van der Waals surface area contributed by atoms with Crippen molar-refractivity contribution in [1.82, 2.24) is 14.8 Å². The molecule has 1 aromatic carbocycles. The second kappa shape index (κ2) is 9.45. The van der Waals surface area contributed by atoms with E-state index in [1.54, 1.807) is 32.4 Å². The van der Waals surface area contributed by atoms with Gasteiger partial charge in [-0.15, -0.1) is 11.3 Å². The SMILES string of the molecule is CCN1CCc2c(sc(-n3cccc3)c2CNC(=O)Nc2cc(OC)ccc2OC)C1. The predicted octanol–water partition coefficient (Wildman–Crippen LogP) is 4.26. The summed E-state index contributed by atoms with van der Waals surface area (Å²) in [7, 11) is 3.17. The van der Waals surface area contributed by atoms with Gasteiger partial charge in [0.15, 0.2) is 0 Å². The lowest BCUT2D eigenvalue weighted by molar-refractivity contribution is 0.251. The Kier molecular flexibility index (Phi) is 6.48. The van der Waals surface area contributed by atoms with E-state index < -0.39 is 0 Å². The maximum atomic E-state index is 12.7. The highest BCUT2D eigenvalue weighted by molar-refractivity contribution is 7.14. The van der Waals surface area contributed by atoms with E-state index in [0.29, 0.717) is 23.7 Å². The summed E-state index contributed by atoms with van der Waals surface area (Å²) in [6.45, 7) is 5.73. The molecular formula is C23H28N4O3S. The van der Waals surface area contributed by atoms with Crippen molar-refractivity contribution in [3.63, 3.8) is 0 Å². The van der Waals surface area contributed by atoms with Crippen LogP contribution in [0.4, 0.5) is 10.5 Å². The Morgan fingerprint density at radius 2 is 2.00 bits per heavy atom. The number of hydrogen-bond acceptors (Lipinski definition) is 5. The average Bonchev–Trinajstić information content (AvgIpc) is 3.44. The number of fused-ring (bicyclic) bond motifs is 1. The zero-order chi connectivity index (χ0) is 21.8. The first-order valence-electron chi connectivity index (χ1n) is 10.4. The number of methoxy groups -OCH3 is 2. The van der Waals surface area contributed by atoms with Gasteiger partial charge in [-0.2, -0.15) is 0 Å². The number of carbonyl (C=O) groups is 1. The summed E-state index contributed by atoms with van der Waals surface area (Å²) in [5.74, 6) is 1.23. The van der Waals surface area contributed by atoms with Crippen LogP contribution in [0, 0.1) is 0 Å². The number of urea groups is 1. The molecule has 4 rings (SSSR count). The van der Waals surface area contributed by atoms with Gasteiger partial charge >= 0.3 is 6.03 Å². The number of anilines is 1. The van der Waals surface area contributed by atoms with E-state index in [1.165, 1.54) is 21.0 Å². The summed E-state index contributed by atoms with van der Waals surface area (Å²) in [6, 6.07) is 9.08. The molecule has 1 aliphatic rings. The Hall–Kier alpha value is -2.97. The highest BCUT2D eigenvalue weighted by atomic mass is 32.1. The lowest BCUT2D eigenvalue weighted by Crippen LogP contribution is -2.31. The molecule has 0 saturated carbocycles. The van der Waals surface area contributed by atoms with Gasteiger partial charge in [0.25, 0.3) is 0 Å². The summed E-state index contributed by atoms with van der Waals surface area (Å²) in [4.78, 5) is 16.6. The van der Waals surface area contributed by atoms with Crippen LogP contribution in [0.5, 0.6) is 11.5 Å². The van der Waals surface area contributed by atoms with Gasteiger partial charge in [-0.1, -0.05) is 6.92 Å². The smallest absolute Gasteiger partial charge is 0.319 e. The molecule has 31 heavy (non-hydrogen) atoms. The van der Waals surface area contributed by atoms with E-state index in [4.69, 9.17) is 9.47 Å². The van der Waals surface area contributed by atoms with Crippen LogP contribution in [0.25, 0.3) is 5.00 Å². The fourth-order valence-electron chi connectivity index (χ4n) is 3.88. The van der Waals surface area contributed by atoms with Crippen LogP contribution in [-0.2, 0) is 19.5 Å². The van der Waals surface area contributed by atoms with E-state index >= 15 is 0 Å². The molecule has 2 aromatic heterocycles. The Morgan fingerprint density at radius 1 is 1.19 bits per heavy atom. The third-order valence-corrected chi connectivity index (χ3v) is 6.86. The molecule has 164 valence electrons. The molecule has 0 spiro atoms. The van der Waals surface area contributed by atoms with Gasteiger partial charge in [-0.25, -0.2) is 4.79 Å². The quantitative estimate of drug-likeness (QED) is 0.576. The van der Waals surface area contributed by atoms with E-state index in [0.717, 1.165) is 26.1 Å². The number of ether oxygens (including phenoxy) is 2. The zero-order valence-electron chi connectivity index (χ0n) is 18.1. The Balaban J connectivity index is 1.53. The van der Waals surface area contributed by atoms with Gasteiger partial charge in [0, 0.05) is 48.5 Å². The molecule has 0 fully saturated rings. The van der Waals surface area contributed by atoms with Crippen LogP contribution < -0.4 is 20.1 Å². The molecular weight excluding hydrogens is 412 g/mol. The number of benzene rings is 1. The van der Waals surface area contributed by atoms with Crippen LogP contribution in [0.3, 0.4) is 0 Å². The van der Waals surface area contributed by atoms with Gasteiger partial charge in [-0.3, -0.25) is 4.90 Å². The molecule has 0 atom stereocenters. The minimum Gasteiger partial charge on any atom is -0.497 e. The number of amides is 2. The molecule has 3 heterocycles. The number of nitrogens with zero attached hydrogens (tertiary/aromatic N) is 2. The van der Waals surface area contributed by atoms with Crippen LogP contribution in [-0.4, -0.2) is 42.8 Å².